The minimum atomic E-state index is -0.263. The van der Waals surface area contributed by atoms with E-state index in [1.807, 2.05) is 72.8 Å². The van der Waals surface area contributed by atoms with Crippen LogP contribution in [0.5, 0.6) is 5.75 Å². The van der Waals surface area contributed by atoms with Gasteiger partial charge in [0.25, 0.3) is 0 Å². The molecule has 30 heavy (non-hydrogen) atoms. The number of hydrogen-bond donors (Lipinski definition) is 1. The number of carbonyl (C=O) groups excluding carboxylic acids is 1. The molecule has 0 aliphatic carbocycles. The van der Waals surface area contributed by atoms with Gasteiger partial charge in [-0.05, 0) is 35.9 Å². The molecule has 0 bridgehead atoms. The highest BCUT2D eigenvalue weighted by Gasteiger charge is 2.07. The molecule has 0 aliphatic rings. The van der Waals surface area contributed by atoms with Crippen LogP contribution in [0.25, 0.3) is 16.6 Å². The summed E-state index contributed by atoms with van der Waals surface area (Å²) < 4.78 is 5.71. The Balaban J connectivity index is 1.30. The van der Waals surface area contributed by atoms with Crippen LogP contribution in [0.3, 0.4) is 0 Å². The molecule has 0 radical (unpaired) electrons. The molecule has 1 amide bonds. The summed E-state index contributed by atoms with van der Waals surface area (Å²) >= 11 is 1.33. The highest BCUT2D eigenvalue weighted by Crippen LogP contribution is 2.25. The van der Waals surface area contributed by atoms with Gasteiger partial charge in [-0.2, -0.15) is 0 Å². The fraction of sp³-hybridized carbons (Fsp3) is 0.0435. The summed E-state index contributed by atoms with van der Waals surface area (Å²) in [4.78, 5) is 16.4. The van der Waals surface area contributed by atoms with Crippen molar-refractivity contribution in [3.05, 3.63) is 96.3 Å². The van der Waals surface area contributed by atoms with Gasteiger partial charge in [-0.3, -0.25) is 15.1 Å². The van der Waals surface area contributed by atoms with Gasteiger partial charge in [-0.1, -0.05) is 59.9 Å². The fourth-order valence-corrected chi connectivity index (χ4v) is 3.36. The maximum absolute atomic E-state index is 12.2. The van der Waals surface area contributed by atoms with E-state index in [0.717, 1.165) is 27.6 Å². The van der Waals surface area contributed by atoms with Crippen molar-refractivity contribution in [3.63, 3.8) is 0 Å². The average molecular weight is 414 g/mol. The Labute approximate surface area is 177 Å². The third kappa shape index (κ3) is 5.36. The molecule has 4 aromatic rings. The maximum Gasteiger partial charge on any atom is 0.250 e. The van der Waals surface area contributed by atoms with Crippen molar-refractivity contribution in [2.75, 3.05) is 5.32 Å². The molecular weight excluding hydrogens is 396 g/mol. The van der Waals surface area contributed by atoms with Crippen molar-refractivity contribution in [1.82, 2.24) is 15.2 Å². The summed E-state index contributed by atoms with van der Waals surface area (Å²) in [5, 5.41) is 12.1. The number of nitrogens with one attached hydrogen (secondary N) is 1. The van der Waals surface area contributed by atoms with Crippen molar-refractivity contribution in [2.24, 2.45) is 0 Å². The summed E-state index contributed by atoms with van der Waals surface area (Å²) in [5.41, 5.74) is 2.72. The number of benzene rings is 2. The number of aromatic nitrogens is 3. The molecule has 7 heteroatoms. The van der Waals surface area contributed by atoms with Gasteiger partial charge in [0.2, 0.25) is 11.0 Å². The van der Waals surface area contributed by atoms with Crippen LogP contribution in [-0.2, 0) is 11.4 Å². The number of amides is 1. The van der Waals surface area contributed by atoms with Crippen LogP contribution in [0.15, 0.2) is 85.1 Å². The Morgan fingerprint density at radius 3 is 2.53 bits per heavy atom. The highest BCUT2D eigenvalue weighted by molar-refractivity contribution is 7.18. The summed E-state index contributed by atoms with van der Waals surface area (Å²) in [5.74, 6) is 0.478. The van der Waals surface area contributed by atoms with Crippen LogP contribution < -0.4 is 10.1 Å². The molecule has 1 N–H and O–H groups in total. The predicted molar refractivity (Wildman–Crippen MR) is 118 cm³/mol. The van der Waals surface area contributed by atoms with E-state index in [4.69, 9.17) is 4.74 Å². The van der Waals surface area contributed by atoms with Crippen molar-refractivity contribution in [2.45, 2.75) is 6.61 Å². The second kappa shape index (κ2) is 9.58. The summed E-state index contributed by atoms with van der Waals surface area (Å²) in [6.45, 7) is 0.408. The third-order valence-electron chi connectivity index (χ3n) is 4.10. The van der Waals surface area contributed by atoms with Crippen LogP contribution in [0.4, 0.5) is 5.13 Å². The van der Waals surface area contributed by atoms with Crippen LogP contribution >= 0.6 is 11.3 Å². The van der Waals surface area contributed by atoms with Crippen molar-refractivity contribution in [1.29, 1.82) is 0 Å². The Morgan fingerprint density at radius 2 is 1.77 bits per heavy atom. The van der Waals surface area contributed by atoms with Gasteiger partial charge in [-0.25, -0.2) is 0 Å². The SMILES string of the molecule is O=C(/C=C/c1ccc(OCc2ccccn2)cc1)Nc1nnc(-c2ccccc2)s1. The first-order chi connectivity index (χ1) is 14.8. The molecule has 0 fully saturated rings. The quantitative estimate of drug-likeness (QED) is 0.438. The lowest BCUT2D eigenvalue weighted by Gasteiger charge is -2.05. The molecular formula is C23H18N4O2S. The standard InChI is InChI=1S/C23H18N4O2S/c28-21(25-23-27-26-22(30-23)18-6-2-1-3-7-18)14-11-17-9-12-20(13-10-17)29-16-19-8-4-5-15-24-19/h1-15H,16H2,(H,25,27,28)/b14-11+. The predicted octanol–water partition coefficient (Wildman–Crippen LogP) is 4.83. The van der Waals surface area contributed by atoms with E-state index in [1.54, 1.807) is 12.3 Å². The maximum atomic E-state index is 12.2. The number of ether oxygens (including phenoxy) is 1. The molecule has 0 saturated carbocycles. The van der Waals surface area contributed by atoms with Gasteiger partial charge in [0, 0.05) is 17.8 Å². The summed E-state index contributed by atoms with van der Waals surface area (Å²) in [6, 6.07) is 22.9. The van der Waals surface area contributed by atoms with Crippen molar-refractivity contribution in [3.8, 4) is 16.3 Å². The number of pyridine rings is 1. The topological polar surface area (TPSA) is 77.0 Å². The lowest BCUT2D eigenvalue weighted by molar-refractivity contribution is -0.111. The second-order valence-corrected chi connectivity index (χ2v) is 7.26. The van der Waals surface area contributed by atoms with E-state index >= 15 is 0 Å². The van der Waals surface area contributed by atoms with E-state index in [1.165, 1.54) is 17.4 Å². The molecule has 0 aliphatic heterocycles. The highest BCUT2D eigenvalue weighted by atomic mass is 32.1. The van der Waals surface area contributed by atoms with E-state index < -0.39 is 0 Å². The van der Waals surface area contributed by atoms with E-state index in [2.05, 4.69) is 20.5 Å². The summed E-state index contributed by atoms with van der Waals surface area (Å²) in [6.07, 6.45) is 4.94. The smallest absolute Gasteiger partial charge is 0.250 e. The lowest BCUT2D eigenvalue weighted by Crippen LogP contribution is -2.07. The van der Waals surface area contributed by atoms with Crippen molar-refractivity contribution >= 4 is 28.5 Å². The van der Waals surface area contributed by atoms with Gasteiger partial charge in [-0.15, -0.1) is 10.2 Å². The molecule has 0 spiro atoms. The monoisotopic (exact) mass is 414 g/mol. The van der Waals surface area contributed by atoms with Gasteiger partial charge in [0.05, 0.1) is 5.69 Å². The minimum absolute atomic E-state index is 0.263. The number of hydrogen-bond acceptors (Lipinski definition) is 6. The number of nitrogens with zero attached hydrogens (tertiary/aromatic N) is 3. The van der Waals surface area contributed by atoms with Crippen molar-refractivity contribution < 1.29 is 9.53 Å². The Kier molecular flexibility index (Phi) is 6.22. The number of carbonyl (C=O) groups is 1. The molecule has 2 heterocycles. The third-order valence-corrected chi connectivity index (χ3v) is 4.98. The normalized spacial score (nSPS) is 10.8. The molecule has 2 aromatic heterocycles. The number of rotatable bonds is 7. The van der Waals surface area contributed by atoms with E-state index in [9.17, 15) is 4.79 Å². The minimum Gasteiger partial charge on any atom is -0.487 e. The van der Waals surface area contributed by atoms with Crippen LogP contribution in [0, 0.1) is 0 Å². The zero-order valence-corrected chi connectivity index (χ0v) is 16.8. The first-order valence-electron chi connectivity index (χ1n) is 9.27. The lowest BCUT2D eigenvalue weighted by atomic mass is 10.2. The Bertz CT molecular complexity index is 1130. The zero-order valence-electron chi connectivity index (χ0n) is 15.9. The fourth-order valence-electron chi connectivity index (χ4n) is 2.61. The first kappa shape index (κ1) is 19.5. The molecule has 2 aromatic carbocycles. The van der Waals surface area contributed by atoms with Gasteiger partial charge < -0.3 is 4.74 Å². The molecule has 4 rings (SSSR count). The zero-order chi connectivity index (χ0) is 20.6. The van der Waals surface area contributed by atoms with Crippen LogP contribution in [0.1, 0.15) is 11.3 Å². The van der Waals surface area contributed by atoms with Crippen LogP contribution in [0.2, 0.25) is 0 Å². The molecule has 0 unspecified atom stereocenters. The molecule has 148 valence electrons. The van der Waals surface area contributed by atoms with Gasteiger partial charge in [0.15, 0.2) is 0 Å². The largest absolute Gasteiger partial charge is 0.487 e. The van der Waals surface area contributed by atoms with Crippen LogP contribution in [-0.4, -0.2) is 21.1 Å². The Hall–Kier alpha value is -3.84. The molecule has 0 atom stereocenters. The first-order valence-corrected chi connectivity index (χ1v) is 10.1. The molecule has 0 saturated heterocycles. The number of anilines is 1. The van der Waals surface area contributed by atoms with E-state index in [-0.39, 0.29) is 5.91 Å². The van der Waals surface area contributed by atoms with Gasteiger partial charge in [0.1, 0.15) is 17.4 Å². The van der Waals surface area contributed by atoms with Gasteiger partial charge >= 0.3 is 0 Å². The Morgan fingerprint density at radius 1 is 0.967 bits per heavy atom. The molecule has 6 nitrogen and oxygen atoms in total. The second-order valence-electron chi connectivity index (χ2n) is 6.28. The summed E-state index contributed by atoms with van der Waals surface area (Å²) in [7, 11) is 0. The average Bonchev–Trinajstić information content (AvgIpc) is 3.27. The van der Waals surface area contributed by atoms with E-state index in [0.29, 0.717) is 11.7 Å².